The summed E-state index contributed by atoms with van der Waals surface area (Å²) < 4.78 is 27.5. The molecule has 0 saturated carbocycles. The van der Waals surface area contributed by atoms with Crippen LogP contribution in [0.1, 0.15) is 0 Å². The molecule has 0 N–H and O–H groups in total. The van der Waals surface area contributed by atoms with E-state index in [1.165, 1.54) is 19.2 Å². The number of alkyl halides is 1. The lowest BCUT2D eigenvalue weighted by molar-refractivity contribution is 0.413. The molecule has 1 rings (SSSR count). The van der Waals surface area contributed by atoms with Crippen LogP contribution < -0.4 is 4.74 Å². The second kappa shape index (κ2) is 3.98. The predicted octanol–water partition coefficient (Wildman–Crippen LogP) is 1.67. The smallest absolute Gasteiger partial charge is 0.192 e. The van der Waals surface area contributed by atoms with Crippen molar-refractivity contribution in [3.05, 3.63) is 24.3 Å². The van der Waals surface area contributed by atoms with Crippen molar-refractivity contribution in [1.82, 2.24) is 0 Å². The van der Waals surface area contributed by atoms with Crippen molar-refractivity contribution in [2.45, 2.75) is 4.90 Å². The summed E-state index contributed by atoms with van der Waals surface area (Å²) in [5.41, 5.74) is 0. The van der Waals surface area contributed by atoms with Gasteiger partial charge in [0, 0.05) is 0 Å². The van der Waals surface area contributed by atoms with Crippen molar-refractivity contribution in [2.75, 3.05) is 12.3 Å². The molecule has 0 spiro atoms. The molecule has 0 unspecified atom stereocenters. The van der Waals surface area contributed by atoms with E-state index in [-0.39, 0.29) is 4.90 Å². The molecule has 5 heteroatoms. The van der Waals surface area contributed by atoms with E-state index < -0.39 is 15.0 Å². The molecule has 0 amide bonds. The molecule has 0 aromatic heterocycles. The third-order valence-electron chi connectivity index (χ3n) is 1.54. The lowest BCUT2D eigenvalue weighted by atomic mass is 10.3. The molecule has 0 atom stereocenters. The molecular weight excluding hydrogens is 212 g/mol. The predicted molar refractivity (Wildman–Crippen MR) is 50.9 cm³/mol. The first kappa shape index (κ1) is 10.3. The van der Waals surface area contributed by atoms with Crippen LogP contribution in [0.3, 0.4) is 0 Å². The Hall–Kier alpha value is -0.740. The van der Waals surface area contributed by atoms with Gasteiger partial charge in [0.15, 0.2) is 9.84 Å². The maximum absolute atomic E-state index is 11.3. The highest BCUT2D eigenvalue weighted by molar-refractivity contribution is 7.92. The molecular formula is C8H9ClO3S. The van der Waals surface area contributed by atoms with E-state index >= 15 is 0 Å². The number of hydrogen-bond acceptors (Lipinski definition) is 3. The Bertz CT molecular complexity index is 386. The molecule has 1 aromatic carbocycles. The fraction of sp³-hybridized carbons (Fsp3) is 0.250. The van der Waals surface area contributed by atoms with Crippen LogP contribution in [0.25, 0.3) is 0 Å². The van der Waals surface area contributed by atoms with Crippen LogP contribution in [0.4, 0.5) is 0 Å². The number of hydrogen-bond donors (Lipinski definition) is 0. The van der Waals surface area contributed by atoms with Crippen LogP contribution in [0.15, 0.2) is 29.2 Å². The van der Waals surface area contributed by atoms with Crippen molar-refractivity contribution in [3.63, 3.8) is 0 Å². The largest absolute Gasteiger partial charge is 0.497 e. The van der Waals surface area contributed by atoms with Gasteiger partial charge in [-0.2, -0.15) is 0 Å². The van der Waals surface area contributed by atoms with E-state index in [0.717, 1.165) is 0 Å². The summed E-state index contributed by atoms with van der Waals surface area (Å²) >= 11 is 5.29. The lowest BCUT2D eigenvalue weighted by Gasteiger charge is -2.02. The number of ether oxygens (including phenoxy) is 1. The fourth-order valence-electron chi connectivity index (χ4n) is 0.858. The van der Waals surface area contributed by atoms with Gasteiger partial charge in [-0.15, -0.1) is 11.6 Å². The van der Waals surface area contributed by atoms with Gasteiger partial charge in [0.25, 0.3) is 0 Å². The quantitative estimate of drug-likeness (QED) is 0.728. The minimum absolute atomic E-state index is 0.182. The molecule has 0 aliphatic rings. The molecule has 0 saturated heterocycles. The van der Waals surface area contributed by atoms with Gasteiger partial charge >= 0.3 is 0 Å². The van der Waals surface area contributed by atoms with Gasteiger partial charge < -0.3 is 4.74 Å². The number of halogens is 1. The standard InChI is InChI=1S/C8H9ClO3S/c1-12-7-3-2-4-8(5-7)13(10,11)6-9/h2-5H,6H2,1H3. The maximum Gasteiger partial charge on any atom is 0.192 e. The van der Waals surface area contributed by atoms with Gasteiger partial charge in [0.1, 0.15) is 11.0 Å². The Kier molecular flexibility index (Phi) is 3.17. The second-order valence-electron chi connectivity index (χ2n) is 2.40. The molecule has 1 aromatic rings. The fourth-order valence-corrected chi connectivity index (χ4v) is 1.94. The SMILES string of the molecule is COc1cccc(S(=O)(=O)CCl)c1. The summed E-state index contributed by atoms with van der Waals surface area (Å²) in [5.74, 6) is 0.506. The lowest BCUT2D eigenvalue weighted by Crippen LogP contribution is -2.01. The summed E-state index contributed by atoms with van der Waals surface area (Å²) in [6, 6.07) is 6.21. The van der Waals surface area contributed by atoms with Crippen LogP contribution in [0, 0.1) is 0 Å². The first-order chi connectivity index (χ1) is 6.10. The molecule has 3 nitrogen and oxygen atoms in total. The molecule has 13 heavy (non-hydrogen) atoms. The Morgan fingerprint density at radius 1 is 1.46 bits per heavy atom. The maximum atomic E-state index is 11.3. The molecule has 0 heterocycles. The number of methoxy groups -OCH3 is 1. The summed E-state index contributed by atoms with van der Waals surface area (Å²) in [4.78, 5) is 0.182. The van der Waals surface area contributed by atoms with Gasteiger partial charge in [0.05, 0.1) is 12.0 Å². The molecule has 0 fully saturated rings. The van der Waals surface area contributed by atoms with E-state index in [1.54, 1.807) is 12.1 Å². The summed E-state index contributed by atoms with van der Waals surface area (Å²) in [7, 11) is -1.87. The van der Waals surface area contributed by atoms with Crippen LogP contribution in [-0.4, -0.2) is 20.7 Å². The molecule has 0 radical (unpaired) electrons. The van der Waals surface area contributed by atoms with Crippen LogP contribution in [0.5, 0.6) is 5.75 Å². The molecule has 72 valence electrons. The molecule has 0 aliphatic heterocycles. The molecule has 0 bridgehead atoms. The van der Waals surface area contributed by atoms with Gasteiger partial charge in [-0.25, -0.2) is 8.42 Å². The van der Waals surface area contributed by atoms with E-state index in [2.05, 4.69) is 0 Å². The van der Waals surface area contributed by atoms with Gasteiger partial charge in [-0.05, 0) is 18.2 Å². The molecule has 0 aliphatic carbocycles. The zero-order chi connectivity index (χ0) is 9.90. The minimum Gasteiger partial charge on any atom is -0.497 e. The number of sulfone groups is 1. The van der Waals surface area contributed by atoms with Gasteiger partial charge in [-0.3, -0.25) is 0 Å². The summed E-state index contributed by atoms with van der Waals surface area (Å²) in [6.45, 7) is 0. The first-order valence-electron chi connectivity index (χ1n) is 3.53. The van der Waals surface area contributed by atoms with E-state index in [4.69, 9.17) is 16.3 Å². The van der Waals surface area contributed by atoms with Crippen molar-refractivity contribution in [3.8, 4) is 5.75 Å². The van der Waals surface area contributed by atoms with Crippen molar-refractivity contribution >= 4 is 21.4 Å². The minimum atomic E-state index is -3.35. The zero-order valence-corrected chi connectivity index (χ0v) is 8.60. The van der Waals surface area contributed by atoms with Crippen molar-refractivity contribution in [2.24, 2.45) is 0 Å². The van der Waals surface area contributed by atoms with Crippen LogP contribution in [-0.2, 0) is 9.84 Å². The Labute approximate surface area is 82.2 Å². The summed E-state index contributed by atoms with van der Waals surface area (Å²) in [5, 5.41) is -0.417. The highest BCUT2D eigenvalue weighted by atomic mass is 35.5. The van der Waals surface area contributed by atoms with E-state index in [0.29, 0.717) is 5.75 Å². The number of benzene rings is 1. The first-order valence-corrected chi connectivity index (χ1v) is 5.71. The average Bonchev–Trinajstić information content (AvgIpc) is 2.18. The van der Waals surface area contributed by atoms with E-state index in [9.17, 15) is 8.42 Å². The second-order valence-corrected chi connectivity index (χ2v) is 4.98. The van der Waals surface area contributed by atoms with Crippen molar-refractivity contribution < 1.29 is 13.2 Å². The van der Waals surface area contributed by atoms with E-state index in [1.807, 2.05) is 0 Å². The van der Waals surface area contributed by atoms with Crippen molar-refractivity contribution in [1.29, 1.82) is 0 Å². The highest BCUT2D eigenvalue weighted by Crippen LogP contribution is 2.18. The van der Waals surface area contributed by atoms with Crippen LogP contribution in [0.2, 0.25) is 0 Å². The Balaban J connectivity index is 3.17. The topological polar surface area (TPSA) is 43.4 Å². The third-order valence-corrected chi connectivity index (χ3v) is 3.67. The summed E-state index contributed by atoms with van der Waals surface area (Å²) in [6.07, 6.45) is 0. The third kappa shape index (κ3) is 2.35. The number of rotatable bonds is 3. The highest BCUT2D eigenvalue weighted by Gasteiger charge is 2.12. The Morgan fingerprint density at radius 3 is 2.69 bits per heavy atom. The van der Waals surface area contributed by atoms with Crippen LogP contribution >= 0.6 is 11.6 Å². The Morgan fingerprint density at radius 2 is 2.15 bits per heavy atom. The normalized spacial score (nSPS) is 11.2. The average molecular weight is 221 g/mol. The zero-order valence-electron chi connectivity index (χ0n) is 7.03. The van der Waals surface area contributed by atoms with Gasteiger partial charge in [0.2, 0.25) is 0 Å². The monoisotopic (exact) mass is 220 g/mol. The van der Waals surface area contributed by atoms with Gasteiger partial charge in [-0.1, -0.05) is 6.07 Å².